The monoisotopic (exact) mass is 360 g/mol. The fraction of sp³-hybridized carbons (Fsp3) is 0.562. The zero-order valence-electron chi connectivity index (χ0n) is 13.7. The predicted molar refractivity (Wildman–Crippen MR) is 94.1 cm³/mol. The van der Waals surface area contributed by atoms with Crippen molar-refractivity contribution in [2.24, 2.45) is 0 Å². The second-order valence-corrected chi connectivity index (χ2v) is 7.95. The lowest BCUT2D eigenvalue weighted by Crippen LogP contribution is -2.41. The number of unbranched alkanes of at least 4 members (excludes halogenated alkanes) is 2. The Bertz CT molecular complexity index is 605. The molecule has 1 amide bonds. The van der Waals surface area contributed by atoms with Gasteiger partial charge in [-0.3, -0.25) is 4.79 Å². The summed E-state index contributed by atoms with van der Waals surface area (Å²) in [6.45, 7) is 2.77. The van der Waals surface area contributed by atoms with Crippen molar-refractivity contribution in [2.45, 2.75) is 32.6 Å². The minimum absolute atomic E-state index is 0.147. The second-order valence-electron chi connectivity index (χ2n) is 5.53. The van der Waals surface area contributed by atoms with E-state index >= 15 is 0 Å². The summed E-state index contributed by atoms with van der Waals surface area (Å²) in [5.41, 5.74) is 0.939. The number of benzene rings is 1. The fourth-order valence-corrected chi connectivity index (χ4v) is 3.11. The largest absolute Gasteiger partial charge is 0.355 e. The molecular formula is C16H25ClN2O3S. The predicted octanol–water partition coefficient (Wildman–Crippen LogP) is 2.45. The lowest BCUT2D eigenvalue weighted by atomic mass is 10.1. The van der Waals surface area contributed by atoms with Gasteiger partial charge in [-0.25, -0.2) is 8.42 Å². The summed E-state index contributed by atoms with van der Waals surface area (Å²) in [6, 6.07) is 7.27. The van der Waals surface area contributed by atoms with Crippen LogP contribution in [-0.4, -0.2) is 44.5 Å². The third-order valence-electron chi connectivity index (χ3n) is 3.43. The number of carbonyl (C=O) groups is 1. The highest BCUT2D eigenvalue weighted by Gasteiger charge is 2.19. The Balaban J connectivity index is 2.55. The normalized spacial score (nSPS) is 11.7. The van der Waals surface area contributed by atoms with Crippen molar-refractivity contribution >= 4 is 27.5 Å². The molecule has 0 atom stereocenters. The molecular weight excluding hydrogens is 336 g/mol. The molecule has 1 aromatic rings. The molecule has 0 saturated carbocycles. The van der Waals surface area contributed by atoms with E-state index in [1.165, 1.54) is 4.31 Å². The van der Waals surface area contributed by atoms with Crippen molar-refractivity contribution in [3.63, 3.8) is 0 Å². The molecule has 5 nitrogen and oxygen atoms in total. The number of amides is 1. The molecule has 0 spiro atoms. The maximum absolute atomic E-state index is 11.9. The Kier molecular flexibility index (Phi) is 8.58. The average Bonchev–Trinajstić information content (AvgIpc) is 2.47. The van der Waals surface area contributed by atoms with E-state index in [1.54, 1.807) is 12.1 Å². The summed E-state index contributed by atoms with van der Waals surface area (Å²) in [4.78, 5) is 11.9. The van der Waals surface area contributed by atoms with Gasteiger partial charge in [0, 0.05) is 18.1 Å². The van der Waals surface area contributed by atoms with Gasteiger partial charge in [0.1, 0.15) is 0 Å². The van der Waals surface area contributed by atoms with Crippen LogP contribution in [0.15, 0.2) is 24.3 Å². The summed E-state index contributed by atoms with van der Waals surface area (Å²) in [6.07, 6.45) is 4.66. The Labute approximate surface area is 144 Å². The Morgan fingerprint density at radius 3 is 2.65 bits per heavy atom. The summed E-state index contributed by atoms with van der Waals surface area (Å²) in [5.74, 6) is -0.266. The summed E-state index contributed by atoms with van der Waals surface area (Å²) in [7, 11) is -3.44. The number of nitrogens with one attached hydrogen (secondary N) is 1. The van der Waals surface area contributed by atoms with Gasteiger partial charge in [-0.1, -0.05) is 43.5 Å². The minimum atomic E-state index is -3.44. The SMILES string of the molecule is CCCCCNC(=O)CN(CCc1cccc(Cl)c1)S(C)(=O)=O. The lowest BCUT2D eigenvalue weighted by Gasteiger charge is -2.19. The molecule has 1 aromatic carbocycles. The standard InChI is InChI=1S/C16H25ClN2O3S/c1-3-4-5-10-18-16(20)13-19(23(2,21)22)11-9-14-7-6-8-15(17)12-14/h6-8,12H,3-5,9-11,13H2,1-2H3,(H,18,20). The molecule has 1 rings (SSSR count). The Morgan fingerprint density at radius 2 is 2.04 bits per heavy atom. The van der Waals surface area contributed by atoms with Crippen LogP contribution >= 0.6 is 11.6 Å². The van der Waals surface area contributed by atoms with Crippen LogP contribution in [0.4, 0.5) is 0 Å². The molecule has 7 heteroatoms. The van der Waals surface area contributed by atoms with E-state index in [0.717, 1.165) is 31.1 Å². The Hall–Kier alpha value is -1.11. The number of sulfonamides is 1. The number of rotatable bonds is 10. The molecule has 130 valence electrons. The zero-order valence-corrected chi connectivity index (χ0v) is 15.3. The van der Waals surface area contributed by atoms with Gasteiger partial charge in [-0.05, 0) is 30.5 Å². The molecule has 0 saturated heterocycles. The molecule has 0 aromatic heterocycles. The number of nitrogens with zero attached hydrogens (tertiary/aromatic N) is 1. The highest BCUT2D eigenvalue weighted by Crippen LogP contribution is 2.12. The number of halogens is 1. The number of carbonyl (C=O) groups excluding carboxylic acids is 1. The third-order valence-corrected chi connectivity index (χ3v) is 4.92. The topological polar surface area (TPSA) is 66.5 Å². The lowest BCUT2D eigenvalue weighted by molar-refractivity contribution is -0.121. The van der Waals surface area contributed by atoms with E-state index in [9.17, 15) is 13.2 Å². The van der Waals surface area contributed by atoms with Crippen LogP contribution in [0.2, 0.25) is 5.02 Å². The van der Waals surface area contributed by atoms with Crippen LogP contribution in [0.1, 0.15) is 31.7 Å². The first kappa shape index (κ1) is 19.9. The van der Waals surface area contributed by atoms with Crippen LogP contribution < -0.4 is 5.32 Å². The number of hydrogen-bond donors (Lipinski definition) is 1. The van der Waals surface area contributed by atoms with Gasteiger partial charge >= 0.3 is 0 Å². The highest BCUT2D eigenvalue weighted by molar-refractivity contribution is 7.88. The van der Waals surface area contributed by atoms with Crippen molar-refractivity contribution in [3.05, 3.63) is 34.9 Å². The maximum atomic E-state index is 11.9. The molecule has 1 N–H and O–H groups in total. The van der Waals surface area contributed by atoms with Crippen molar-refractivity contribution in [3.8, 4) is 0 Å². The molecule has 0 aliphatic carbocycles. The smallest absolute Gasteiger partial charge is 0.235 e. The van der Waals surface area contributed by atoms with Crippen LogP contribution in [0.5, 0.6) is 0 Å². The van der Waals surface area contributed by atoms with Crippen molar-refractivity contribution in [2.75, 3.05) is 25.9 Å². The molecule has 0 aliphatic rings. The molecule has 0 bridgehead atoms. The van der Waals surface area contributed by atoms with Gasteiger partial charge in [0.15, 0.2) is 0 Å². The van der Waals surface area contributed by atoms with Gasteiger partial charge in [0.05, 0.1) is 12.8 Å². The van der Waals surface area contributed by atoms with Crippen LogP contribution in [0.3, 0.4) is 0 Å². The summed E-state index contributed by atoms with van der Waals surface area (Å²) < 4.78 is 24.9. The van der Waals surface area contributed by atoms with Crippen molar-refractivity contribution < 1.29 is 13.2 Å². The number of hydrogen-bond acceptors (Lipinski definition) is 3. The molecule has 0 aliphatic heterocycles. The Morgan fingerprint density at radius 1 is 1.30 bits per heavy atom. The van der Waals surface area contributed by atoms with Gasteiger partial charge in [0.25, 0.3) is 0 Å². The molecule has 0 radical (unpaired) electrons. The van der Waals surface area contributed by atoms with Gasteiger partial charge in [-0.15, -0.1) is 0 Å². The van der Waals surface area contributed by atoms with E-state index in [2.05, 4.69) is 12.2 Å². The quantitative estimate of drug-likeness (QED) is 0.652. The highest BCUT2D eigenvalue weighted by atomic mass is 35.5. The average molecular weight is 361 g/mol. The van der Waals surface area contributed by atoms with E-state index in [0.29, 0.717) is 18.0 Å². The third kappa shape index (κ3) is 8.34. The first-order chi connectivity index (χ1) is 10.8. The van der Waals surface area contributed by atoms with Gasteiger partial charge in [-0.2, -0.15) is 4.31 Å². The van der Waals surface area contributed by atoms with Crippen LogP contribution in [0.25, 0.3) is 0 Å². The first-order valence-corrected chi connectivity index (χ1v) is 10.0. The molecule has 0 fully saturated rings. The van der Waals surface area contributed by atoms with Crippen LogP contribution in [-0.2, 0) is 21.2 Å². The molecule has 23 heavy (non-hydrogen) atoms. The summed E-state index contributed by atoms with van der Waals surface area (Å²) in [5, 5.41) is 3.37. The maximum Gasteiger partial charge on any atom is 0.235 e. The van der Waals surface area contributed by atoms with Crippen LogP contribution in [0, 0.1) is 0 Å². The zero-order chi connectivity index (χ0) is 17.3. The van der Waals surface area contributed by atoms with E-state index in [1.807, 2.05) is 12.1 Å². The molecule has 0 unspecified atom stereocenters. The van der Waals surface area contributed by atoms with Gasteiger partial charge in [0.2, 0.25) is 15.9 Å². The van der Waals surface area contributed by atoms with E-state index in [4.69, 9.17) is 11.6 Å². The minimum Gasteiger partial charge on any atom is -0.355 e. The van der Waals surface area contributed by atoms with E-state index in [-0.39, 0.29) is 19.0 Å². The first-order valence-electron chi connectivity index (χ1n) is 7.79. The molecule has 0 heterocycles. The van der Waals surface area contributed by atoms with Crippen molar-refractivity contribution in [1.29, 1.82) is 0 Å². The van der Waals surface area contributed by atoms with Crippen molar-refractivity contribution in [1.82, 2.24) is 9.62 Å². The van der Waals surface area contributed by atoms with E-state index < -0.39 is 10.0 Å². The second kappa shape index (κ2) is 9.90. The summed E-state index contributed by atoms with van der Waals surface area (Å²) >= 11 is 5.92. The fourth-order valence-electron chi connectivity index (χ4n) is 2.13. The van der Waals surface area contributed by atoms with Gasteiger partial charge < -0.3 is 5.32 Å².